The third-order valence-electron chi connectivity index (χ3n) is 5.12. The number of rotatable bonds is 4. The van der Waals surface area contributed by atoms with Crippen LogP contribution < -0.4 is 10.6 Å². The molecule has 1 saturated heterocycles. The van der Waals surface area contributed by atoms with Gasteiger partial charge in [-0.15, -0.1) is 11.8 Å². The first kappa shape index (κ1) is 18.0. The number of carbonyl (C=O) groups is 2. The number of hydrogen-bond acceptors (Lipinski definition) is 3. The van der Waals surface area contributed by atoms with Crippen LogP contribution in [-0.4, -0.2) is 28.9 Å². The van der Waals surface area contributed by atoms with Gasteiger partial charge < -0.3 is 10.6 Å². The summed E-state index contributed by atoms with van der Waals surface area (Å²) in [5, 5.41) is 5.31. The molecule has 27 heavy (non-hydrogen) atoms. The van der Waals surface area contributed by atoms with Crippen LogP contribution in [0.25, 0.3) is 0 Å². The molecule has 1 fully saturated rings. The van der Waals surface area contributed by atoms with Crippen LogP contribution in [0.5, 0.6) is 0 Å². The summed E-state index contributed by atoms with van der Waals surface area (Å²) in [7, 11) is 0. The first-order chi connectivity index (χ1) is 13.1. The van der Waals surface area contributed by atoms with Crippen molar-refractivity contribution in [3.05, 3.63) is 65.0 Å². The molecule has 0 unspecified atom stereocenters. The number of hydrogen-bond donors (Lipinski definition) is 2. The lowest BCUT2D eigenvalue weighted by Gasteiger charge is -2.28. The maximum Gasteiger partial charge on any atom is 0.247 e. The molecular formula is C21H21FN2O2S. The van der Waals surface area contributed by atoms with Crippen LogP contribution in [-0.2, 0) is 28.9 Å². The number of aryl methyl sites for hydroxylation is 2. The van der Waals surface area contributed by atoms with E-state index in [-0.39, 0.29) is 22.9 Å². The Kier molecular flexibility index (Phi) is 5.16. The number of nitrogens with one attached hydrogen (secondary N) is 2. The molecule has 2 aromatic rings. The zero-order valence-corrected chi connectivity index (χ0v) is 15.7. The van der Waals surface area contributed by atoms with Gasteiger partial charge in [-0.25, -0.2) is 4.39 Å². The Morgan fingerprint density at radius 2 is 2.00 bits per heavy atom. The van der Waals surface area contributed by atoms with E-state index < -0.39 is 6.04 Å². The lowest BCUT2D eigenvalue weighted by atomic mass is 10.1. The maximum absolute atomic E-state index is 13.8. The molecule has 0 saturated carbocycles. The highest BCUT2D eigenvalue weighted by Gasteiger charge is 2.32. The second kappa shape index (κ2) is 7.72. The van der Waals surface area contributed by atoms with Gasteiger partial charge in [0, 0.05) is 11.4 Å². The number of halogens is 1. The largest absolute Gasteiger partial charge is 0.343 e. The molecule has 140 valence electrons. The van der Waals surface area contributed by atoms with Gasteiger partial charge in [0.25, 0.3) is 0 Å². The van der Waals surface area contributed by atoms with Gasteiger partial charge in [0.2, 0.25) is 11.8 Å². The topological polar surface area (TPSA) is 58.2 Å². The zero-order chi connectivity index (χ0) is 18.8. The van der Waals surface area contributed by atoms with Gasteiger partial charge in [0.05, 0.1) is 5.25 Å². The molecule has 2 atom stereocenters. The van der Waals surface area contributed by atoms with Crippen LogP contribution in [0, 0.1) is 5.82 Å². The molecule has 1 heterocycles. The molecule has 1 aliphatic heterocycles. The first-order valence-electron chi connectivity index (χ1n) is 9.18. The van der Waals surface area contributed by atoms with Crippen LogP contribution in [0.4, 0.5) is 10.1 Å². The predicted molar refractivity (Wildman–Crippen MR) is 105 cm³/mol. The van der Waals surface area contributed by atoms with E-state index in [1.165, 1.54) is 29.0 Å². The highest BCUT2D eigenvalue weighted by Crippen LogP contribution is 2.26. The summed E-state index contributed by atoms with van der Waals surface area (Å²) >= 11 is 1.40. The average Bonchev–Trinajstić information content (AvgIpc) is 3.13. The maximum atomic E-state index is 13.8. The molecule has 2 N–H and O–H groups in total. The van der Waals surface area contributed by atoms with E-state index in [2.05, 4.69) is 16.7 Å². The van der Waals surface area contributed by atoms with Crippen LogP contribution >= 0.6 is 11.8 Å². The van der Waals surface area contributed by atoms with Crippen LogP contribution in [0.15, 0.2) is 42.5 Å². The fourth-order valence-electron chi connectivity index (χ4n) is 3.63. The van der Waals surface area contributed by atoms with Gasteiger partial charge in [-0.3, -0.25) is 9.59 Å². The van der Waals surface area contributed by atoms with E-state index >= 15 is 0 Å². The molecule has 0 bridgehead atoms. The van der Waals surface area contributed by atoms with Crippen LogP contribution in [0.2, 0.25) is 0 Å². The summed E-state index contributed by atoms with van der Waals surface area (Å²) in [4.78, 5) is 24.9. The monoisotopic (exact) mass is 384 g/mol. The molecular weight excluding hydrogens is 363 g/mol. The van der Waals surface area contributed by atoms with Gasteiger partial charge in [-0.2, -0.15) is 0 Å². The third-order valence-corrected chi connectivity index (χ3v) is 6.43. The molecule has 1 aliphatic carbocycles. The number of benzene rings is 2. The quantitative estimate of drug-likeness (QED) is 0.852. The molecule has 2 amide bonds. The van der Waals surface area contributed by atoms with Crippen molar-refractivity contribution < 1.29 is 14.0 Å². The fourth-order valence-corrected chi connectivity index (χ4v) is 4.81. The number of thioether (sulfide) groups is 1. The summed E-state index contributed by atoms with van der Waals surface area (Å²) in [5.41, 5.74) is 3.94. The Morgan fingerprint density at radius 1 is 1.19 bits per heavy atom. The van der Waals surface area contributed by atoms with Gasteiger partial charge >= 0.3 is 0 Å². The van der Waals surface area contributed by atoms with Crippen LogP contribution in [0.1, 0.15) is 23.1 Å². The summed E-state index contributed by atoms with van der Waals surface area (Å²) in [5.74, 6) is -0.258. The Hall–Kier alpha value is -2.34. The van der Waals surface area contributed by atoms with E-state index in [9.17, 15) is 14.0 Å². The normalized spacial score (nSPS) is 21.4. The Balaban J connectivity index is 1.35. The highest BCUT2D eigenvalue weighted by molar-refractivity contribution is 8.00. The second-order valence-electron chi connectivity index (χ2n) is 7.00. The Bertz CT molecular complexity index is 886. The van der Waals surface area contributed by atoms with Crippen molar-refractivity contribution in [2.24, 2.45) is 0 Å². The molecule has 0 radical (unpaired) electrons. The summed E-state index contributed by atoms with van der Waals surface area (Å²) < 4.78 is 13.8. The van der Waals surface area contributed by atoms with E-state index in [1.807, 2.05) is 12.1 Å². The second-order valence-corrected chi connectivity index (χ2v) is 8.24. The molecule has 0 spiro atoms. The number of carbonyl (C=O) groups excluding carboxylic acids is 2. The lowest BCUT2D eigenvalue weighted by Crippen LogP contribution is -2.52. The van der Waals surface area contributed by atoms with Crippen molar-refractivity contribution in [3.63, 3.8) is 0 Å². The van der Waals surface area contributed by atoms with Crippen molar-refractivity contribution in [3.8, 4) is 0 Å². The molecule has 4 rings (SSSR count). The Labute approximate surface area is 161 Å². The number of amides is 2. The van der Waals surface area contributed by atoms with Gasteiger partial charge in [0.1, 0.15) is 11.9 Å². The van der Waals surface area contributed by atoms with Crippen molar-refractivity contribution in [1.29, 1.82) is 0 Å². The summed E-state index contributed by atoms with van der Waals surface area (Å²) in [6.07, 6.45) is 3.63. The lowest BCUT2D eigenvalue weighted by molar-refractivity contribution is -0.126. The van der Waals surface area contributed by atoms with E-state index in [1.54, 1.807) is 18.2 Å². The van der Waals surface area contributed by atoms with Crippen molar-refractivity contribution in [2.75, 3.05) is 11.1 Å². The highest BCUT2D eigenvalue weighted by atomic mass is 32.2. The number of anilines is 1. The van der Waals surface area contributed by atoms with Gasteiger partial charge in [-0.05, 0) is 60.6 Å². The molecule has 2 aliphatic rings. The van der Waals surface area contributed by atoms with E-state index in [0.717, 1.165) is 24.9 Å². The van der Waals surface area contributed by atoms with Crippen molar-refractivity contribution in [2.45, 2.75) is 37.0 Å². The van der Waals surface area contributed by atoms with E-state index in [0.29, 0.717) is 17.7 Å². The minimum Gasteiger partial charge on any atom is -0.343 e. The van der Waals surface area contributed by atoms with Crippen molar-refractivity contribution in [1.82, 2.24) is 5.32 Å². The van der Waals surface area contributed by atoms with Gasteiger partial charge in [0.15, 0.2) is 0 Å². The first-order valence-corrected chi connectivity index (χ1v) is 10.2. The molecule has 6 heteroatoms. The fraction of sp³-hybridized carbons (Fsp3) is 0.333. The SMILES string of the molecule is O=C(Nc1ccc2c(c1)CCC2)[C@@H]1CS[C@H](Cc2ccccc2F)C(=O)N1. The molecule has 4 nitrogen and oxygen atoms in total. The third kappa shape index (κ3) is 4.00. The smallest absolute Gasteiger partial charge is 0.247 e. The van der Waals surface area contributed by atoms with E-state index in [4.69, 9.17) is 0 Å². The minimum atomic E-state index is -0.576. The zero-order valence-electron chi connectivity index (χ0n) is 14.8. The average molecular weight is 384 g/mol. The Morgan fingerprint density at radius 3 is 2.81 bits per heavy atom. The molecule has 0 aromatic heterocycles. The minimum absolute atomic E-state index is 0.210. The van der Waals surface area contributed by atoms with Gasteiger partial charge in [-0.1, -0.05) is 24.3 Å². The molecule has 2 aromatic carbocycles. The van der Waals surface area contributed by atoms with Crippen molar-refractivity contribution >= 4 is 29.3 Å². The predicted octanol–water partition coefficient (Wildman–Crippen LogP) is 3.10. The summed E-state index contributed by atoms with van der Waals surface area (Å²) in [6.45, 7) is 0. The number of fused-ring (bicyclic) bond motifs is 1. The standard InChI is InChI=1S/C21H21FN2O2S/c22-17-7-2-1-4-15(17)11-19-21(26)24-18(12-27-19)20(25)23-16-9-8-13-5-3-6-14(13)10-16/h1-2,4,7-10,18-19H,3,5-6,11-12H2,(H,23,25)(H,24,26)/t18-,19+/m0/s1. The summed E-state index contributed by atoms with van der Waals surface area (Å²) in [6, 6.07) is 11.9. The van der Waals surface area contributed by atoms with Crippen LogP contribution in [0.3, 0.4) is 0 Å².